The Hall–Kier alpha value is -1.94. The number of carbonyl (C=O) groups excluding carboxylic acids is 1. The molecule has 0 saturated carbocycles. The summed E-state index contributed by atoms with van der Waals surface area (Å²) < 4.78 is 27.3. The first-order valence-corrected chi connectivity index (χ1v) is 8.32. The van der Waals surface area contributed by atoms with Crippen LogP contribution in [-0.4, -0.2) is 23.9 Å². The molecule has 1 heterocycles. The monoisotopic (exact) mass is 349 g/mol. The summed E-state index contributed by atoms with van der Waals surface area (Å²) in [6, 6.07) is 9.34. The van der Waals surface area contributed by atoms with Gasteiger partial charge in [-0.15, -0.1) is 0 Å². The van der Waals surface area contributed by atoms with Crippen molar-refractivity contribution in [3.05, 3.63) is 69.7 Å². The molecule has 2 nitrogen and oxygen atoms in total. The maximum absolute atomic E-state index is 13.9. The van der Waals surface area contributed by atoms with Gasteiger partial charge < -0.3 is 4.90 Å². The van der Waals surface area contributed by atoms with Crippen LogP contribution in [0.5, 0.6) is 0 Å². The number of halogens is 3. The van der Waals surface area contributed by atoms with Crippen molar-refractivity contribution in [1.82, 2.24) is 4.90 Å². The number of hydrogen-bond acceptors (Lipinski definition) is 1. The first-order valence-electron chi connectivity index (χ1n) is 7.94. The lowest BCUT2D eigenvalue weighted by atomic mass is 9.97. The van der Waals surface area contributed by atoms with Gasteiger partial charge in [-0.1, -0.05) is 29.8 Å². The molecule has 1 aliphatic rings. The molecule has 0 aromatic heterocycles. The van der Waals surface area contributed by atoms with E-state index in [0.717, 1.165) is 18.4 Å². The molecule has 1 fully saturated rings. The third kappa shape index (κ3) is 3.44. The lowest BCUT2D eigenvalue weighted by Crippen LogP contribution is -2.30. The second-order valence-corrected chi connectivity index (χ2v) is 6.70. The van der Waals surface area contributed by atoms with Gasteiger partial charge in [0.25, 0.3) is 5.91 Å². The van der Waals surface area contributed by atoms with E-state index in [-0.39, 0.29) is 28.2 Å². The molecule has 2 aromatic carbocycles. The maximum Gasteiger partial charge on any atom is 0.258 e. The second-order valence-electron chi connectivity index (χ2n) is 6.29. The average Bonchev–Trinajstić information content (AvgIpc) is 2.99. The van der Waals surface area contributed by atoms with Crippen LogP contribution in [0.25, 0.3) is 0 Å². The zero-order valence-electron chi connectivity index (χ0n) is 13.4. The fraction of sp³-hybridized carbons (Fsp3) is 0.316. The van der Waals surface area contributed by atoms with Gasteiger partial charge >= 0.3 is 0 Å². The summed E-state index contributed by atoms with van der Waals surface area (Å²) in [7, 11) is 0. The summed E-state index contributed by atoms with van der Waals surface area (Å²) in [6.07, 6.45) is 1.62. The van der Waals surface area contributed by atoms with Crippen LogP contribution in [0.2, 0.25) is 5.02 Å². The molecule has 1 atom stereocenters. The largest absolute Gasteiger partial charge is 0.338 e. The molecule has 0 spiro atoms. The van der Waals surface area contributed by atoms with Gasteiger partial charge in [0.1, 0.15) is 11.6 Å². The molecule has 0 aliphatic carbocycles. The molecule has 1 amide bonds. The molecule has 126 valence electrons. The van der Waals surface area contributed by atoms with Crippen molar-refractivity contribution >= 4 is 17.5 Å². The first kappa shape index (κ1) is 16.9. The van der Waals surface area contributed by atoms with Crippen molar-refractivity contribution in [2.45, 2.75) is 19.8 Å². The molecule has 0 bridgehead atoms. The third-order valence-corrected chi connectivity index (χ3v) is 4.81. The van der Waals surface area contributed by atoms with E-state index >= 15 is 0 Å². The summed E-state index contributed by atoms with van der Waals surface area (Å²) in [5.41, 5.74) is 1.62. The molecular formula is C19H18ClF2NO. The minimum atomic E-state index is -0.592. The minimum absolute atomic E-state index is 0.0579. The highest BCUT2D eigenvalue weighted by molar-refractivity contribution is 6.33. The standard InChI is InChI=1S/C19H18ClF2NO/c1-12-9-13(5-6-16(12)21)10-14-7-8-23(11-14)19(24)18-15(20)3-2-4-17(18)22/h2-6,9,14H,7-8,10-11H2,1H3. The van der Waals surface area contributed by atoms with Crippen LogP contribution in [-0.2, 0) is 6.42 Å². The summed E-state index contributed by atoms with van der Waals surface area (Å²) in [6.45, 7) is 2.87. The fourth-order valence-electron chi connectivity index (χ4n) is 3.21. The fourth-order valence-corrected chi connectivity index (χ4v) is 3.45. The molecule has 1 saturated heterocycles. The predicted molar refractivity (Wildman–Crippen MR) is 90.3 cm³/mol. The van der Waals surface area contributed by atoms with E-state index in [2.05, 4.69) is 0 Å². The molecule has 3 rings (SSSR count). The lowest BCUT2D eigenvalue weighted by Gasteiger charge is -2.18. The van der Waals surface area contributed by atoms with Gasteiger partial charge in [0.2, 0.25) is 0 Å². The lowest BCUT2D eigenvalue weighted by molar-refractivity contribution is 0.0782. The van der Waals surface area contributed by atoms with Crippen molar-refractivity contribution in [3.63, 3.8) is 0 Å². The van der Waals surface area contributed by atoms with Gasteiger partial charge in [-0.2, -0.15) is 0 Å². The van der Waals surface area contributed by atoms with E-state index in [1.54, 1.807) is 17.9 Å². The summed E-state index contributed by atoms with van der Waals surface area (Å²) in [5, 5.41) is 0.137. The van der Waals surface area contributed by atoms with E-state index in [0.29, 0.717) is 18.7 Å². The number of rotatable bonds is 3. The number of carbonyl (C=O) groups is 1. The highest BCUT2D eigenvalue weighted by Crippen LogP contribution is 2.26. The molecule has 1 unspecified atom stereocenters. The van der Waals surface area contributed by atoms with Crippen molar-refractivity contribution in [1.29, 1.82) is 0 Å². The molecular weight excluding hydrogens is 332 g/mol. The second kappa shape index (κ2) is 6.89. The average molecular weight is 350 g/mol. The SMILES string of the molecule is Cc1cc(CC2CCN(C(=O)c3c(F)cccc3Cl)C2)ccc1F. The number of hydrogen-bond donors (Lipinski definition) is 0. The minimum Gasteiger partial charge on any atom is -0.338 e. The van der Waals surface area contributed by atoms with Gasteiger partial charge in [-0.25, -0.2) is 8.78 Å². The Balaban J connectivity index is 1.69. The number of nitrogens with zero attached hydrogens (tertiary/aromatic N) is 1. The van der Waals surface area contributed by atoms with Gasteiger partial charge in [0.15, 0.2) is 0 Å². The number of amides is 1. The van der Waals surface area contributed by atoms with Crippen molar-refractivity contribution < 1.29 is 13.6 Å². The molecule has 1 aliphatic heterocycles. The van der Waals surface area contributed by atoms with Crippen LogP contribution < -0.4 is 0 Å². The molecule has 0 radical (unpaired) electrons. The van der Waals surface area contributed by atoms with Crippen molar-refractivity contribution in [3.8, 4) is 0 Å². The molecule has 5 heteroatoms. The van der Waals surface area contributed by atoms with Crippen LogP contribution in [0.15, 0.2) is 36.4 Å². The van der Waals surface area contributed by atoms with Crippen LogP contribution in [0.3, 0.4) is 0 Å². The van der Waals surface area contributed by atoms with Gasteiger partial charge in [-0.05, 0) is 55.0 Å². The van der Waals surface area contributed by atoms with E-state index < -0.39 is 5.82 Å². The highest BCUT2D eigenvalue weighted by atomic mass is 35.5. The van der Waals surface area contributed by atoms with E-state index in [1.165, 1.54) is 24.3 Å². The summed E-state index contributed by atoms with van der Waals surface area (Å²) in [5.74, 6) is -0.887. The Labute approximate surface area is 145 Å². The Morgan fingerprint density at radius 2 is 2.04 bits per heavy atom. The van der Waals surface area contributed by atoms with Crippen LogP contribution >= 0.6 is 11.6 Å². The Kier molecular flexibility index (Phi) is 4.86. The summed E-state index contributed by atoms with van der Waals surface area (Å²) >= 11 is 5.98. The van der Waals surface area contributed by atoms with Crippen LogP contribution in [0.1, 0.15) is 27.9 Å². The smallest absolute Gasteiger partial charge is 0.258 e. The predicted octanol–water partition coefficient (Wildman–Crippen LogP) is 4.63. The summed E-state index contributed by atoms with van der Waals surface area (Å²) in [4.78, 5) is 14.2. The Morgan fingerprint density at radius 1 is 1.25 bits per heavy atom. The normalized spacial score (nSPS) is 17.3. The third-order valence-electron chi connectivity index (χ3n) is 4.50. The van der Waals surface area contributed by atoms with Gasteiger partial charge in [0, 0.05) is 13.1 Å². The van der Waals surface area contributed by atoms with Crippen molar-refractivity contribution in [2.75, 3.05) is 13.1 Å². The highest BCUT2D eigenvalue weighted by Gasteiger charge is 2.29. The zero-order chi connectivity index (χ0) is 17.3. The zero-order valence-corrected chi connectivity index (χ0v) is 14.1. The van der Waals surface area contributed by atoms with Crippen LogP contribution in [0, 0.1) is 24.5 Å². The van der Waals surface area contributed by atoms with E-state index in [4.69, 9.17) is 11.6 Å². The molecule has 24 heavy (non-hydrogen) atoms. The van der Waals surface area contributed by atoms with E-state index in [9.17, 15) is 13.6 Å². The van der Waals surface area contributed by atoms with E-state index in [1.807, 2.05) is 6.07 Å². The van der Waals surface area contributed by atoms with Gasteiger partial charge in [0.05, 0.1) is 10.6 Å². The Bertz CT molecular complexity index is 758. The quantitative estimate of drug-likeness (QED) is 0.791. The molecule has 0 N–H and O–H groups in total. The Morgan fingerprint density at radius 3 is 2.75 bits per heavy atom. The van der Waals surface area contributed by atoms with Crippen LogP contribution in [0.4, 0.5) is 8.78 Å². The topological polar surface area (TPSA) is 20.3 Å². The molecule has 2 aromatic rings. The number of benzene rings is 2. The maximum atomic E-state index is 13.9. The number of aryl methyl sites for hydroxylation is 1. The van der Waals surface area contributed by atoms with Crippen molar-refractivity contribution in [2.24, 2.45) is 5.92 Å². The first-order chi connectivity index (χ1) is 11.5. The number of likely N-dealkylation sites (tertiary alicyclic amines) is 1. The van der Waals surface area contributed by atoms with Gasteiger partial charge in [-0.3, -0.25) is 4.79 Å².